The van der Waals surface area contributed by atoms with Crippen LogP contribution in [0.15, 0.2) is 0 Å². The topological polar surface area (TPSA) is 156 Å². The normalized spacial score (nSPS) is 20.8. The van der Waals surface area contributed by atoms with Crippen molar-refractivity contribution in [2.75, 3.05) is 26.2 Å². The van der Waals surface area contributed by atoms with Crippen LogP contribution in [-0.2, 0) is 19.2 Å². The molecule has 2 atom stereocenters. The molecule has 1 aliphatic carbocycles. The Hall–Kier alpha value is -2.20. The van der Waals surface area contributed by atoms with Gasteiger partial charge in [-0.2, -0.15) is 0 Å². The Morgan fingerprint density at radius 3 is 1.13 bits per heavy atom. The zero-order valence-electron chi connectivity index (χ0n) is 12.4. The minimum Gasteiger partial charge on any atom is -0.480 e. The van der Waals surface area contributed by atoms with Crippen molar-refractivity contribution in [2.45, 2.75) is 31.3 Å². The highest BCUT2D eigenvalue weighted by atomic mass is 16.4. The van der Waals surface area contributed by atoms with E-state index in [2.05, 4.69) is 0 Å². The minimum absolute atomic E-state index is 0.487. The lowest BCUT2D eigenvalue weighted by molar-refractivity contribution is -0.147. The Bertz CT molecular complexity index is 407. The van der Waals surface area contributed by atoms with Gasteiger partial charge in [0.15, 0.2) is 0 Å². The summed E-state index contributed by atoms with van der Waals surface area (Å²) in [5.74, 6) is -4.78. The fourth-order valence-electron chi connectivity index (χ4n) is 3.05. The van der Waals surface area contributed by atoms with Crippen LogP contribution in [0.5, 0.6) is 0 Å². The summed E-state index contributed by atoms with van der Waals surface area (Å²) < 4.78 is 0. The molecular formula is C13H20N2O8. The van der Waals surface area contributed by atoms with E-state index in [1.54, 1.807) is 0 Å². The van der Waals surface area contributed by atoms with Gasteiger partial charge < -0.3 is 20.4 Å². The van der Waals surface area contributed by atoms with E-state index in [0.29, 0.717) is 19.3 Å². The monoisotopic (exact) mass is 332 g/mol. The number of hydrogen-bond acceptors (Lipinski definition) is 6. The van der Waals surface area contributed by atoms with Gasteiger partial charge in [0.25, 0.3) is 0 Å². The highest BCUT2D eigenvalue weighted by molar-refractivity contribution is 5.73. The zero-order chi connectivity index (χ0) is 17.6. The molecule has 1 saturated carbocycles. The fourth-order valence-corrected chi connectivity index (χ4v) is 3.05. The number of hydrogen-bond donors (Lipinski definition) is 4. The third kappa shape index (κ3) is 6.20. The molecule has 1 fully saturated rings. The maximum Gasteiger partial charge on any atom is 0.317 e. The van der Waals surface area contributed by atoms with Crippen molar-refractivity contribution < 1.29 is 39.6 Å². The molecule has 0 heterocycles. The standard InChI is InChI=1S/C13H20N2O8/c16-10(17)4-14(5-11(18)19)8-2-1-3-9(8)15(6-12(20)21)7-13(22)23/h8-9H,1-7H2,(H,16,17)(H,18,19)(H,20,21)(H,22,23)/t8-,9+. The Morgan fingerprint density at radius 2 is 0.913 bits per heavy atom. The maximum atomic E-state index is 10.9. The third-order valence-electron chi connectivity index (χ3n) is 3.74. The molecule has 1 rings (SSSR count). The quantitative estimate of drug-likeness (QED) is 0.385. The molecule has 1 aliphatic rings. The summed E-state index contributed by atoms with van der Waals surface area (Å²) in [7, 11) is 0. The van der Waals surface area contributed by atoms with Crippen LogP contribution in [0.4, 0.5) is 0 Å². The first-order valence-corrected chi connectivity index (χ1v) is 7.06. The van der Waals surface area contributed by atoms with Gasteiger partial charge in [-0.25, -0.2) is 0 Å². The smallest absolute Gasteiger partial charge is 0.317 e. The maximum absolute atomic E-state index is 10.9. The van der Waals surface area contributed by atoms with Crippen molar-refractivity contribution in [1.29, 1.82) is 0 Å². The number of rotatable bonds is 10. The average molecular weight is 332 g/mol. The van der Waals surface area contributed by atoms with Gasteiger partial charge in [-0.1, -0.05) is 6.42 Å². The van der Waals surface area contributed by atoms with Gasteiger partial charge in [0.2, 0.25) is 0 Å². The zero-order valence-corrected chi connectivity index (χ0v) is 12.4. The molecule has 0 amide bonds. The van der Waals surface area contributed by atoms with E-state index in [0.717, 1.165) is 0 Å². The molecule has 0 aromatic rings. The predicted molar refractivity (Wildman–Crippen MR) is 75.1 cm³/mol. The Balaban J connectivity index is 2.95. The lowest BCUT2D eigenvalue weighted by Crippen LogP contribution is -2.53. The molecule has 4 N–H and O–H groups in total. The van der Waals surface area contributed by atoms with Crippen molar-refractivity contribution in [3.8, 4) is 0 Å². The van der Waals surface area contributed by atoms with Crippen LogP contribution in [0, 0.1) is 0 Å². The van der Waals surface area contributed by atoms with E-state index in [-0.39, 0.29) is 0 Å². The third-order valence-corrected chi connectivity index (χ3v) is 3.74. The SMILES string of the molecule is O=C(O)CN(CC(=O)O)[C@@H]1CCC[C@@H]1N(CC(=O)O)CC(=O)O. The van der Waals surface area contributed by atoms with E-state index in [1.165, 1.54) is 9.80 Å². The molecular weight excluding hydrogens is 312 g/mol. The summed E-state index contributed by atoms with van der Waals surface area (Å²) in [6.45, 7) is -1.99. The highest BCUT2D eigenvalue weighted by Gasteiger charge is 2.38. The largest absolute Gasteiger partial charge is 0.480 e. The molecule has 23 heavy (non-hydrogen) atoms. The van der Waals surface area contributed by atoms with E-state index in [4.69, 9.17) is 20.4 Å². The van der Waals surface area contributed by atoms with Crippen LogP contribution in [0.1, 0.15) is 19.3 Å². The first kappa shape index (κ1) is 18.8. The average Bonchev–Trinajstić information content (AvgIpc) is 2.83. The van der Waals surface area contributed by atoms with Gasteiger partial charge in [0.1, 0.15) is 0 Å². The molecule has 0 bridgehead atoms. The summed E-state index contributed by atoms with van der Waals surface area (Å²) in [5.41, 5.74) is 0. The van der Waals surface area contributed by atoms with Crippen LogP contribution in [0.2, 0.25) is 0 Å². The summed E-state index contributed by atoms with van der Waals surface area (Å²) in [5, 5.41) is 35.7. The number of carbonyl (C=O) groups is 4. The van der Waals surface area contributed by atoms with E-state index in [1.807, 2.05) is 0 Å². The number of nitrogens with zero attached hydrogens (tertiary/aromatic N) is 2. The number of aliphatic carboxylic acids is 4. The summed E-state index contributed by atoms with van der Waals surface area (Å²) in [6.07, 6.45) is 1.61. The lowest BCUT2D eigenvalue weighted by Gasteiger charge is -2.36. The molecule has 0 spiro atoms. The molecule has 130 valence electrons. The van der Waals surface area contributed by atoms with E-state index in [9.17, 15) is 19.2 Å². The number of carboxylic acids is 4. The summed E-state index contributed by atoms with van der Waals surface area (Å²) in [4.78, 5) is 46.3. The Labute approximate surface area is 131 Å². The van der Waals surface area contributed by atoms with Gasteiger partial charge in [-0.05, 0) is 12.8 Å². The van der Waals surface area contributed by atoms with Crippen LogP contribution < -0.4 is 0 Å². The molecule has 0 aromatic heterocycles. The van der Waals surface area contributed by atoms with Crippen molar-refractivity contribution in [1.82, 2.24) is 9.80 Å². The lowest BCUT2D eigenvalue weighted by atomic mass is 10.1. The van der Waals surface area contributed by atoms with Crippen LogP contribution in [0.25, 0.3) is 0 Å². The van der Waals surface area contributed by atoms with Gasteiger partial charge in [0, 0.05) is 12.1 Å². The molecule has 0 radical (unpaired) electrons. The number of carboxylic acid groups (broad SMARTS) is 4. The molecule has 10 heteroatoms. The first-order valence-electron chi connectivity index (χ1n) is 7.06. The van der Waals surface area contributed by atoms with Crippen molar-refractivity contribution >= 4 is 23.9 Å². The molecule has 0 unspecified atom stereocenters. The van der Waals surface area contributed by atoms with Crippen LogP contribution >= 0.6 is 0 Å². The van der Waals surface area contributed by atoms with E-state index < -0.39 is 62.1 Å². The molecule has 0 saturated heterocycles. The Kier molecular flexibility index (Phi) is 6.91. The highest BCUT2D eigenvalue weighted by Crippen LogP contribution is 2.28. The fraction of sp³-hybridized carbons (Fsp3) is 0.692. The van der Waals surface area contributed by atoms with Crippen LogP contribution in [0.3, 0.4) is 0 Å². The molecule has 0 aliphatic heterocycles. The molecule has 10 nitrogen and oxygen atoms in total. The van der Waals surface area contributed by atoms with Crippen molar-refractivity contribution in [2.24, 2.45) is 0 Å². The first-order chi connectivity index (χ1) is 10.7. The van der Waals surface area contributed by atoms with Crippen LogP contribution in [-0.4, -0.2) is 92.4 Å². The van der Waals surface area contributed by atoms with Crippen molar-refractivity contribution in [3.05, 3.63) is 0 Å². The molecule has 0 aromatic carbocycles. The van der Waals surface area contributed by atoms with E-state index >= 15 is 0 Å². The van der Waals surface area contributed by atoms with Gasteiger partial charge >= 0.3 is 23.9 Å². The van der Waals surface area contributed by atoms with Gasteiger partial charge in [0.05, 0.1) is 26.2 Å². The Morgan fingerprint density at radius 1 is 0.652 bits per heavy atom. The second-order valence-electron chi connectivity index (χ2n) is 5.45. The minimum atomic E-state index is -1.19. The predicted octanol–water partition coefficient (Wildman–Crippen LogP) is -1.15. The second kappa shape index (κ2) is 8.44. The summed E-state index contributed by atoms with van der Waals surface area (Å²) >= 11 is 0. The second-order valence-corrected chi connectivity index (χ2v) is 5.45. The van der Waals surface area contributed by atoms with Gasteiger partial charge in [-0.15, -0.1) is 0 Å². The summed E-state index contributed by atoms with van der Waals surface area (Å²) in [6, 6.07) is -1.03. The van der Waals surface area contributed by atoms with Gasteiger partial charge in [-0.3, -0.25) is 29.0 Å². The van der Waals surface area contributed by atoms with Crippen molar-refractivity contribution in [3.63, 3.8) is 0 Å².